The molecule has 1 amide bonds. The number of carbonyl (C=O) groups excluding carboxylic acids is 1. The van der Waals surface area contributed by atoms with E-state index >= 15 is 0 Å². The van der Waals surface area contributed by atoms with Gasteiger partial charge in [-0.1, -0.05) is 11.3 Å². The van der Waals surface area contributed by atoms with Gasteiger partial charge in [-0.2, -0.15) is 8.42 Å². The zero-order valence-electron chi connectivity index (χ0n) is 10.1. The van der Waals surface area contributed by atoms with Crippen LogP contribution < -0.4 is 10.0 Å². The SMILES string of the molecule is CC(=O)Nc1nnc(S(=O)(=O)Nc2ccc(I)cc2)s1. The maximum atomic E-state index is 12.1. The molecule has 2 aromatic rings. The molecular weight excluding hydrogens is 415 g/mol. The van der Waals surface area contributed by atoms with Crippen molar-refractivity contribution in [3.8, 4) is 0 Å². The number of nitrogens with zero attached hydrogens (tertiary/aromatic N) is 2. The second kappa shape index (κ2) is 6.01. The lowest BCUT2D eigenvalue weighted by atomic mass is 10.3. The molecule has 0 unspecified atom stereocenters. The summed E-state index contributed by atoms with van der Waals surface area (Å²) in [7, 11) is -3.80. The molecule has 0 radical (unpaired) electrons. The summed E-state index contributed by atoms with van der Waals surface area (Å²) >= 11 is 2.91. The van der Waals surface area contributed by atoms with Gasteiger partial charge < -0.3 is 5.32 Å². The molecule has 0 saturated heterocycles. The largest absolute Gasteiger partial charge is 0.301 e. The second-order valence-electron chi connectivity index (χ2n) is 3.67. The molecule has 106 valence electrons. The fourth-order valence-electron chi connectivity index (χ4n) is 1.24. The Morgan fingerprint density at radius 2 is 1.90 bits per heavy atom. The van der Waals surface area contributed by atoms with Gasteiger partial charge in [0, 0.05) is 16.2 Å². The van der Waals surface area contributed by atoms with Gasteiger partial charge in [-0.05, 0) is 46.9 Å². The molecule has 0 atom stereocenters. The van der Waals surface area contributed by atoms with Gasteiger partial charge in [0.05, 0.1) is 0 Å². The van der Waals surface area contributed by atoms with Crippen molar-refractivity contribution in [3.05, 3.63) is 27.8 Å². The topological polar surface area (TPSA) is 101 Å². The maximum Gasteiger partial charge on any atom is 0.291 e. The Kier molecular flexibility index (Phi) is 4.55. The minimum absolute atomic E-state index is 0.139. The first-order valence-corrected chi connectivity index (χ1v) is 8.64. The molecule has 0 fully saturated rings. The van der Waals surface area contributed by atoms with E-state index in [2.05, 4.69) is 42.8 Å². The first-order chi connectivity index (χ1) is 9.37. The fraction of sp³-hybridized carbons (Fsp3) is 0.100. The molecule has 0 bridgehead atoms. The molecule has 7 nitrogen and oxygen atoms in total. The smallest absolute Gasteiger partial charge is 0.291 e. The minimum Gasteiger partial charge on any atom is -0.301 e. The van der Waals surface area contributed by atoms with E-state index < -0.39 is 10.0 Å². The molecular formula is C10H9IN4O3S2. The maximum absolute atomic E-state index is 12.1. The van der Waals surface area contributed by atoms with Crippen LogP contribution >= 0.6 is 33.9 Å². The van der Waals surface area contributed by atoms with Crippen LogP contribution in [-0.4, -0.2) is 24.5 Å². The lowest BCUT2D eigenvalue weighted by Crippen LogP contribution is -2.12. The van der Waals surface area contributed by atoms with E-state index in [-0.39, 0.29) is 15.4 Å². The molecule has 1 aromatic carbocycles. The van der Waals surface area contributed by atoms with Gasteiger partial charge in [0.1, 0.15) is 0 Å². The second-order valence-corrected chi connectivity index (χ2v) is 7.75. The Labute approximate surface area is 133 Å². The zero-order valence-corrected chi connectivity index (χ0v) is 13.9. The number of anilines is 2. The van der Waals surface area contributed by atoms with Crippen LogP contribution in [0.15, 0.2) is 28.6 Å². The summed E-state index contributed by atoms with van der Waals surface area (Å²) in [4.78, 5) is 10.9. The van der Waals surface area contributed by atoms with Crippen LogP contribution in [0, 0.1) is 3.57 Å². The van der Waals surface area contributed by atoms with Gasteiger partial charge in [0.15, 0.2) is 0 Å². The van der Waals surface area contributed by atoms with E-state index in [0.717, 1.165) is 14.9 Å². The summed E-state index contributed by atoms with van der Waals surface area (Å²) in [5.74, 6) is -0.337. The number of amides is 1. The summed E-state index contributed by atoms with van der Waals surface area (Å²) in [5.41, 5.74) is 0.432. The molecule has 2 N–H and O–H groups in total. The third-order valence-corrected chi connectivity index (χ3v) is 5.32. The Bertz CT molecular complexity index is 727. The number of aromatic nitrogens is 2. The van der Waals surface area contributed by atoms with E-state index in [1.54, 1.807) is 24.3 Å². The van der Waals surface area contributed by atoms with E-state index in [1.165, 1.54) is 6.92 Å². The number of hydrogen-bond acceptors (Lipinski definition) is 6. The summed E-state index contributed by atoms with van der Waals surface area (Å²) < 4.78 is 27.3. The van der Waals surface area contributed by atoms with E-state index in [0.29, 0.717) is 5.69 Å². The number of carbonyl (C=O) groups is 1. The van der Waals surface area contributed by atoms with Crippen molar-refractivity contribution in [2.75, 3.05) is 10.0 Å². The highest BCUT2D eigenvalue weighted by Crippen LogP contribution is 2.22. The predicted molar refractivity (Wildman–Crippen MR) is 84.2 cm³/mol. The van der Waals surface area contributed by atoms with E-state index in [4.69, 9.17) is 0 Å². The van der Waals surface area contributed by atoms with Crippen molar-refractivity contribution in [1.29, 1.82) is 0 Å². The van der Waals surface area contributed by atoms with Crippen LogP contribution in [0.1, 0.15) is 6.92 Å². The quantitative estimate of drug-likeness (QED) is 0.577. The predicted octanol–water partition coefficient (Wildman–Crippen LogP) is 1.90. The molecule has 0 aliphatic carbocycles. The molecule has 0 saturated carbocycles. The van der Waals surface area contributed by atoms with Crippen LogP contribution in [0.25, 0.3) is 0 Å². The average Bonchev–Trinajstić information content (AvgIpc) is 2.80. The van der Waals surface area contributed by atoms with Gasteiger partial charge in [0.25, 0.3) is 14.4 Å². The van der Waals surface area contributed by atoms with E-state index in [9.17, 15) is 13.2 Å². The van der Waals surface area contributed by atoms with Crippen molar-refractivity contribution in [1.82, 2.24) is 10.2 Å². The number of hydrogen-bond donors (Lipinski definition) is 2. The third kappa shape index (κ3) is 3.86. The molecule has 20 heavy (non-hydrogen) atoms. The van der Waals surface area contributed by atoms with Crippen molar-refractivity contribution in [3.63, 3.8) is 0 Å². The van der Waals surface area contributed by atoms with Gasteiger partial charge in [0.2, 0.25) is 11.0 Å². The van der Waals surface area contributed by atoms with Gasteiger partial charge >= 0.3 is 0 Å². The number of benzene rings is 1. The Balaban J connectivity index is 2.19. The number of halogens is 1. The molecule has 2 rings (SSSR count). The summed E-state index contributed by atoms with van der Waals surface area (Å²) in [6.07, 6.45) is 0. The lowest BCUT2D eigenvalue weighted by molar-refractivity contribution is -0.114. The minimum atomic E-state index is -3.80. The van der Waals surface area contributed by atoms with Crippen molar-refractivity contribution in [2.45, 2.75) is 11.3 Å². The Morgan fingerprint density at radius 3 is 2.50 bits per heavy atom. The van der Waals surface area contributed by atoms with Crippen molar-refractivity contribution in [2.24, 2.45) is 0 Å². The Hall–Kier alpha value is -1.27. The van der Waals surface area contributed by atoms with Crippen molar-refractivity contribution < 1.29 is 13.2 Å². The monoisotopic (exact) mass is 424 g/mol. The number of rotatable bonds is 4. The summed E-state index contributed by atoms with van der Waals surface area (Å²) in [6.45, 7) is 1.30. The molecule has 10 heteroatoms. The number of nitrogens with one attached hydrogen (secondary N) is 2. The molecule has 1 heterocycles. The van der Waals surface area contributed by atoms with Crippen LogP contribution in [-0.2, 0) is 14.8 Å². The normalized spacial score (nSPS) is 11.1. The number of sulfonamides is 1. The van der Waals surface area contributed by atoms with Crippen LogP contribution in [0.5, 0.6) is 0 Å². The zero-order chi connectivity index (χ0) is 14.8. The van der Waals surface area contributed by atoms with Crippen LogP contribution in [0.3, 0.4) is 0 Å². The molecule has 0 aliphatic heterocycles. The third-order valence-electron chi connectivity index (χ3n) is 2.02. The van der Waals surface area contributed by atoms with Crippen LogP contribution in [0.2, 0.25) is 0 Å². The van der Waals surface area contributed by atoms with Gasteiger partial charge in [-0.25, -0.2) is 0 Å². The van der Waals surface area contributed by atoms with Gasteiger partial charge in [-0.3, -0.25) is 9.52 Å². The summed E-state index contributed by atoms with van der Waals surface area (Å²) in [6, 6.07) is 6.85. The average molecular weight is 424 g/mol. The highest BCUT2D eigenvalue weighted by molar-refractivity contribution is 14.1. The van der Waals surface area contributed by atoms with Crippen LogP contribution in [0.4, 0.5) is 10.8 Å². The van der Waals surface area contributed by atoms with Crippen molar-refractivity contribution >= 4 is 60.7 Å². The van der Waals surface area contributed by atoms with Gasteiger partial charge in [-0.15, -0.1) is 10.2 Å². The first-order valence-electron chi connectivity index (χ1n) is 5.26. The highest BCUT2D eigenvalue weighted by Gasteiger charge is 2.20. The summed E-state index contributed by atoms with van der Waals surface area (Å²) in [5, 5.41) is 9.67. The molecule has 1 aromatic heterocycles. The Morgan fingerprint density at radius 1 is 1.25 bits per heavy atom. The highest BCUT2D eigenvalue weighted by atomic mass is 127. The standard InChI is InChI=1S/C10H9IN4O3S2/c1-6(16)12-9-13-14-10(19-9)20(17,18)15-8-4-2-7(11)3-5-8/h2-5,15H,1H3,(H,12,13,16). The molecule has 0 spiro atoms. The lowest BCUT2D eigenvalue weighted by Gasteiger charge is -2.04. The fourth-order valence-corrected chi connectivity index (χ4v) is 3.60. The first kappa shape index (κ1) is 15.1. The molecule has 0 aliphatic rings. The van der Waals surface area contributed by atoms with E-state index in [1.807, 2.05) is 0 Å².